The molecule has 1 heterocycles. The lowest BCUT2D eigenvalue weighted by molar-refractivity contribution is 0.0994. The van der Waals surface area contributed by atoms with Crippen molar-refractivity contribution in [3.05, 3.63) is 76.7 Å². The van der Waals surface area contributed by atoms with Crippen LogP contribution in [-0.2, 0) is 10.0 Å². The van der Waals surface area contributed by atoms with Crippen LogP contribution in [0.4, 0.5) is 11.4 Å². The number of anilines is 2. The molecule has 3 aromatic rings. The highest BCUT2D eigenvalue weighted by Gasteiger charge is 2.16. The van der Waals surface area contributed by atoms with Gasteiger partial charge in [-0.15, -0.1) is 0 Å². The fourth-order valence-electron chi connectivity index (χ4n) is 2.33. The topological polar surface area (TPSA) is 88.4 Å². The molecule has 0 aliphatic carbocycles. The molecule has 26 heavy (non-hydrogen) atoms. The number of nitrogens with one attached hydrogen (secondary N) is 2. The number of amides is 1. The number of furan rings is 1. The van der Waals surface area contributed by atoms with E-state index in [-0.39, 0.29) is 10.7 Å². The summed E-state index contributed by atoms with van der Waals surface area (Å²) in [5.74, 6) is -0.233. The van der Waals surface area contributed by atoms with Gasteiger partial charge in [0.05, 0.1) is 10.6 Å². The monoisotopic (exact) mass is 434 g/mol. The van der Waals surface area contributed by atoms with Gasteiger partial charge >= 0.3 is 0 Å². The second-order valence-electron chi connectivity index (χ2n) is 5.52. The van der Waals surface area contributed by atoms with Crippen molar-refractivity contribution in [3.8, 4) is 0 Å². The van der Waals surface area contributed by atoms with Crippen LogP contribution in [0.3, 0.4) is 0 Å². The lowest BCUT2D eigenvalue weighted by Crippen LogP contribution is -2.14. The first-order chi connectivity index (χ1) is 12.3. The van der Waals surface area contributed by atoms with Gasteiger partial charge in [0.1, 0.15) is 0 Å². The Balaban J connectivity index is 1.78. The number of carbonyl (C=O) groups excluding carboxylic acids is 1. The second kappa shape index (κ2) is 7.35. The zero-order chi connectivity index (χ0) is 18.7. The van der Waals surface area contributed by atoms with Crippen LogP contribution in [0.15, 0.2) is 74.6 Å². The van der Waals surface area contributed by atoms with Crippen molar-refractivity contribution in [2.24, 2.45) is 0 Å². The number of benzene rings is 2. The van der Waals surface area contributed by atoms with Gasteiger partial charge in [-0.1, -0.05) is 24.3 Å². The van der Waals surface area contributed by atoms with Gasteiger partial charge in [-0.2, -0.15) is 0 Å². The second-order valence-corrected chi connectivity index (χ2v) is 7.98. The summed E-state index contributed by atoms with van der Waals surface area (Å²) in [5.41, 5.74) is 1.47. The van der Waals surface area contributed by atoms with Crippen LogP contribution in [0.1, 0.15) is 16.1 Å². The van der Waals surface area contributed by atoms with Gasteiger partial charge in [-0.25, -0.2) is 8.42 Å². The Morgan fingerprint density at radius 1 is 1.00 bits per heavy atom. The highest BCUT2D eigenvalue weighted by Crippen LogP contribution is 2.23. The first-order valence-electron chi connectivity index (χ1n) is 7.60. The lowest BCUT2D eigenvalue weighted by atomic mass is 10.2. The molecule has 0 fully saturated rings. The quantitative estimate of drug-likeness (QED) is 0.622. The van der Waals surface area contributed by atoms with Gasteiger partial charge < -0.3 is 9.73 Å². The normalized spacial score (nSPS) is 11.2. The first-order valence-corrected chi connectivity index (χ1v) is 9.88. The van der Waals surface area contributed by atoms with Crippen molar-refractivity contribution in [1.82, 2.24) is 0 Å². The molecule has 2 aromatic carbocycles. The number of aryl methyl sites for hydroxylation is 1. The highest BCUT2D eigenvalue weighted by atomic mass is 79.9. The van der Waals surface area contributed by atoms with E-state index in [4.69, 9.17) is 4.42 Å². The third kappa shape index (κ3) is 4.14. The average molecular weight is 435 g/mol. The summed E-state index contributed by atoms with van der Waals surface area (Å²) in [6.45, 7) is 1.76. The van der Waals surface area contributed by atoms with Gasteiger partial charge in [0.2, 0.25) is 0 Å². The summed E-state index contributed by atoms with van der Waals surface area (Å²) in [7, 11) is -3.70. The molecule has 0 radical (unpaired) electrons. The number of halogens is 1. The number of hydrogen-bond donors (Lipinski definition) is 2. The van der Waals surface area contributed by atoms with E-state index in [0.717, 1.165) is 0 Å². The first kappa shape index (κ1) is 18.2. The number of rotatable bonds is 5. The molecular formula is C18H15BrN2O4S. The van der Waals surface area contributed by atoms with Crippen molar-refractivity contribution in [3.63, 3.8) is 0 Å². The Hall–Kier alpha value is -2.58. The predicted molar refractivity (Wildman–Crippen MR) is 103 cm³/mol. The predicted octanol–water partition coefficient (Wildman–Crippen LogP) is 4.40. The minimum Gasteiger partial charge on any atom is -0.444 e. The molecule has 3 rings (SSSR count). The molecule has 1 amide bonds. The molecule has 0 saturated carbocycles. The third-order valence-corrected chi connectivity index (χ3v) is 5.31. The average Bonchev–Trinajstić information content (AvgIpc) is 2.94. The third-order valence-electron chi connectivity index (χ3n) is 3.52. The Labute approximate surface area is 159 Å². The molecule has 134 valence electrons. The van der Waals surface area contributed by atoms with E-state index in [0.29, 0.717) is 21.6 Å². The lowest BCUT2D eigenvalue weighted by Gasteiger charge is -2.10. The molecule has 0 atom stereocenters. The minimum atomic E-state index is -3.70. The minimum absolute atomic E-state index is 0.158. The molecule has 0 bridgehead atoms. The molecule has 6 nitrogen and oxygen atoms in total. The Morgan fingerprint density at radius 3 is 2.35 bits per heavy atom. The zero-order valence-corrected chi connectivity index (χ0v) is 16.1. The molecule has 0 aliphatic heterocycles. The van der Waals surface area contributed by atoms with E-state index in [1.165, 1.54) is 18.2 Å². The van der Waals surface area contributed by atoms with Crippen LogP contribution in [0.25, 0.3) is 0 Å². The van der Waals surface area contributed by atoms with E-state index >= 15 is 0 Å². The van der Waals surface area contributed by atoms with Crippen molar-refractivity contribution in [2.45, 2.75) is 11.8 Å². The van der Waals surface area contributed by atoms with Crippen molar-refractivity contribution < 1.29 is 17.6 Å². The molecule has 2 N–H and O–H groups in total. The van der Waals surface area contributed by atoms with E-state index in [1.807, 2.05) is 0 Å². The van der Waals surface area contributed by atoms with Crippen molar-refractivity contribution in [1.29, 1.82) is 0 Å². The van der Waals surface area contributed by atoms with Crippen LogP contribution in [0.5, 0.6) is 0 Å². The SMILES string of the molecule is Cc1cc(Br)oc1C(=O)Nc1cccc(NS(=O)(=O)c2ccccc2)c1. The molecule has 1 aromatic heterocycles. The molecular weight excluding hydrogens is 420 g/mol. The summed E-state index contributed by atoms with van der Waals surface area (Å²) in [6, 6.07) is 16.2. The molecule has 8 heteroatoms. The van der Waals surface area contributed by atoms with Crippen molar-refractivity contribution >= 4 is 43.2 Å². The molecule has 0 saturated heterocycles. The summed E-state index contributed by atoms with van der Waals surface area (Å²) in [4.78, 5) is 12.5. The van der Waals surface area contributed by atoms with Crippen LogP contribution in [-0.4, -0.2) is 14.3 Å². The fourth-order valence-corrected chi connectivity index (χ4v) is 3.91. The maximum Gasteiger partial charge on any atom is 0.291 e. The van der Waals surface area contributed by atoms with E-state index in [9.17, 15) is 13.2 Å². The van der Waals surface area contributed by atoms with Crippen LogP contribution in [0.2, 0.25) is 0 Å². The molecule has 0 aliphatic rings. The number of carbonyl (C=O) groups is 1. The van der Waals surface area contributed by atoms with Crippen LogP contribution < -0.4 is 10.0 Å². The number of hydrogen-bond acceptors (Lipinski definition) is 4. The standard InChI is InChI=1S/C18H15BrN2O4S/c1-12-10-16(19)25-17(12)18(22)20-13-6-5-7-14(11-13)21-26(23,24)15-8-3-2-4-9-15/h2-11,21H,1H3,(H,20,22). The Morgan fingerprint density at radius 2 is 1.69 bits per heavy atom. The number of sulfonamides is 1. The zero-order valence-electron chi connectivity index (χ0n) is 13.7. The fraction of sp³-hybridized carbons (Fsp3) is 0.0556. The van der Waals surface area contributed by atoms with Gasteiger partial charge in [0.15, 0.2) is 10.4 Å². The molecule has 0 unspecified atom stereocenters. The van der Waals surface area contributed by atoms with Crippen LogP contribution >= 0.6 is 15.9 Å². The maximum absolute atomic E-state index is 12.4. The van der Waals surface area contributed by atoms with Crippen molar-refractivity contribution in [2.75, 3.05) is 10.0 Å². The Kier molecular flexibility index (Phi) is 5.15. The van der Waals surface area contributed by atoms with E-state index in [2.05, 4.69) is 26.0 Å². The summed E-state index contributed by atoms with van der Waals surface area (Å²) in [5, 5.41) is 2.69. The van der Waals surface area contributed by atoms with Gasteiger partial charge in [-0.3, -0.25) is 9.52 Å². The van der Waals surface area contributed by atoms with E-state index < -0.39 is 15.9 Å². The maximum atomic E-state index is 12.4. The van der Waals surface area contributed by atoms with Gasteiger partial charge in [-0.05, 0) is 59.3 Å². The van der Waals surface area contributed by atoms with Gasteiger partial charge in [0, 0.05) is 11.3 Å². The smallest absolute Gasteiger partial charge is 0.291 e. The highest BCUT2D eigenvalue weighted by molar-refractivity contribution is 9.10. The van der Waals surface area contributed by atoms with Gasteiger partial charge in [0.25, 0.3) is 15.9 Å². The van der Waals surface area contributed by atoms with E-state index in [1.54, 1.807) is 49.4 Å². The largest absolute Gasteiger partial charge is 0.444 e. The van der Waals surface area contributed by atoms with Crippen LogP contribution in [0, 0.1) is 6.92 Å². The summed E-state index contributed by atoms with van der Waals surface area (Å²) < 4.78 is 33.0. The summed E-state index contributed by atoms with van der Waals surface area (Å²) in [6.07, 6.45) is 0. The molecule has 0 spiro atoms. The summed E-state index contributed by atoms with van der Waals surface area (Å²) >= 11 is 3.18. The Bertz CT molecular complexity index is 1050.